The summed E-state index contributed by atoms with van der Waals surface area (Å²) in [6.45, 7) is 0. The van der Waals surface area contributed by atoms with Crippen LogP contribution in [0.2, 0.25) is 0 Å². The number of nitrogens with one attached hydrogen (secondary N) is 1. The van der Waals surface area contributed by atoms with Crippen LogP contribution in [-0.4, -0.2) is 6.04 Å². The molecule has 0 radical (unpaired) electrons. The first kappa shape index (κ1) is 8.34. The minimum Gasteiger partial charge on any atom is -0.382 e. The van der Waals surface area contributed by atoms with E-state index in [-0.39, 0.29) is 0 Å². The lowest BCUT2D eigenvalue weighted by Crippen LogP contribution is -2.43. The maximum absolute atomic E-state index is 3.65. The highest BCUT2D eigenvalue weighted by Crippen LogP contribution is 2.47. The van der Waals surface area contributed by atoms with Gasteiger partial charge in [0.05, 0.1) is 0 Å². The summed E-state index contributed by atoms with van der Waals surface area (Å²) in [5.74, 6) is 2.03. The van der Waals surface area contributed by atoms with Gasteiger partial charge in [-0.15, -0.1) is 0 Å². The van der Waals surface area contributed by atoms with E-state index in [1.807, 2.05) is 0 Å². The number of hydrogen-bond acceptors (Lipinski definition) is 1. The fraction of sp³-hybridized carbons (Fsp3) is 0.538. The Balaban J connectivity index is 1.64. The predicted molar refractivity (Wildman–Crippen MR) is 59.3 cm³/mol. The van der Waals surface area contributed by atoms with Crippen LogP contribution in [0.3, 0.4) is 0 Å². The molecule has 1 aromatic rings. The lowest BCUT2D eigenvalue weighted by Gasteiger charge is -2.41. The van der Waals surface area contributed by atoms with Gasteiger partial charge in [-0.05, 0) is 36.8 Å². The molecular formula is C13H17N. The molecule has 1 nitrogen and oxygen atoms in total. The summed E-state index contributed by atoms with van der Waals surface area (Å²) >= 11 is 0. The van der Waals surface area contributed by atoms with Crippen LogP contribution in [0.1, 0.15) is 25.7 Å². The van der Waals surface area contributed by atoms with E-state index in [1.54, 1.807) is 0 Å². The van der Waals surface area contributed by atoms with Crippen LogP contribution in [0.25, 0.3) is 0 Å². The molecule has 1 aromatic carbocycles. The molecule has 2 aliphatic carbocycles. The average molecular weight is 187 g/mol. The highest BCUT2D eigenvalue weighted by Gasteiger charge is 2.43. The maximum Gasteiger partial charge on any atom is 0.0342 e. The first-order valence-corrected chi connectivity index (χ1v) is 5.75. The number of fused-ring (bicyclic) bond motifs is 1. The van der Waals surface area contributed by atoms with Crippen molar-refractivity contribution in [2.75, 3.05) is 5.32 Å². The first-order chi connectivity index (χ1) is 6.93. The minimum atomic E-state index is 0.768. The Morgan fingerprint density at radius 1 is 1.07 bits per heavy atom. The minimum absolute atomic E-state index is 0.768. The van der Waals surface area contributed by atoms with Crippen LogP contribution in [0.5, 0.6) is 0 Å². The quantitative estimate of drug-likeness (QED) is 0.749. The molecule has 0 aliphatic heterocycles. The summed E-state index contributed by atoms with van der Waals surface area (Å²) in [5.41, 5.74) is 1.29. The first-order valence-electron chi connectivity index (χ1n) is 5.75. The fourth-order valence-corrected chi connectivity index (χ4v) is 3.11. The van der Waals surface area contributed by atoms with Gasteiger partial charge in [0.15, 0.2) is 0 Å². The Labute approximate surface area is 85.5 Å². The molecule has 1 unspecified atom stereocenters. The Morgan fingerprint density at radius 2 is 1.93 bits per heavy atom. The largest absolute Gasteiger partial charge is 0.382 e. The van der Waals surface area contributed by atoms with Crippen molar-refractivity contribution in [3.05, 3.63) is 30.3 Å². The van der Waals surface area contributed by atoms with Gasteiger partial charge < -0.3 is 5.32 Å². The third-order valence-electron chi connectivity index (χ3n) is 3.92. The zero-order valence-electron chi connectivity index (χ0n) is 8.45. The van der Waals surface area contributed by atoms with Gasteiger partial charge in [-0.2, -0.15) is 0 Å². The van der Waals surface area contributed by atoms with E-state index < -0.39 is 0 Å². The summed E-state index contributed by atoms with van der Waals surface area (Å²) in [7, 11) is 0. The predicted octanol–water partition coefficient (Wildman–Crippen LogP) is 3.29. The molecule has 2 saturated carbocycles. The van der Waals surface area contributed by atoms with Crippen molar-refractivity contribution in [3.8, 4) is 0 Å². The Bertz CT molecular complexity index is 306. The van der Waals surface area contributed by atoms with Crippen LogP contribution < -0.4 is 5.32 Å². The lowest BCUT2D eigenvalue weighted by atomic mass is 9.71. The van der Waals surface area contributed by atoms with Crippen molar-refractivity contribution in [1.82, 2.24) is 0 Å². The molecule has 0 bridgehead atoms. The fourth-order valence-electron chi connectivity index (χ4n) is 3.11. The van der Waals surface area contributed by atoms with Crippen molar-refractivity contribution in [1.29, 1.82) is 0 Å². The number of para-hydroxylation sites is 1. The molecule has 3 atom stereocenters. The zero-order valence-corrected chi connectivity index (χ0v) is 8.45. The highest BCUT2D eigenvalue weighted by atomic mass is 15.0. The van der Waals surface area contributed by atoms with E-state index >= 15 is 0 Å². The average Bonchev–Trinajstić information content (AvgIpc) is 2.58. The van der Waals surface area contributed by atoms with Gasteiger partial charge in [0, 0.05) is 11.7 Å². The summed E-state index contributed by atoms with van der Waals surface area (Å²) in [5, 5.41) is 3.65. The van der Waals surface area contributed by atoms with Gasteiger partial charge in [0.2, 0.25) is 0 Å². The number of anilines is 1. The van der Waals surface area contributed by atoms with Crippen molar-refractivity contribution in [2.45, 2.75) is 31.7 Å². The molecule has 0 spiro atoms. The van der Waals surface area contributed by atoms with Gasteiger partial charge in [-0.25, -0.2) is 0 Å². The maximum atomic E-state index is 3.65. The molecule has 0 amide bonds. The second kappa shape index (κ2) is 3.30. The summed E-state index contributed by atoms with van der Waals surface area (Å²) in [6.07, 6.45) is 5.80. The molecule has 0 saturated heterocycles. The number of rotatable bonds is 2. The van der Waals surface area contributed by atoms with Crippen LogP contribution >= 0.6 is 0 Å². The van der Waals surface area contributed by atoms with Crippen LogP contribution in [-0.2, 0) is 0 Å². The molecule has 74 valence electrons. The Hall–Kier alpha value is -0.980. The van der Waals surface area contributed by atoms with E-state index in [9.17, 15) is 0 Å². The van der Waals surface area contributed by atoms with Crippen LogP contribution in [0.15, 0.2) is 30.3 Å². The smallest absolute Gasteiger partial charge is 0.0342 e. The Morgan fingerprint density at radius 3 is 2.71 bits per heavy atom. The van der Waals surface area contributed by atoms with E-state index in [4.69, 9.17) is 0 Å². The monoisotopic (exact) mass is 187 g/mol. The summed E-state index contributed by atoms with van der Waals surface area (Å²) in [4.78, 5) is 0. The standard InChI is InChI=1S/C13H17N/c1-2-6-11(7-3-1)14-13-9-10-5-4-8-12(10)13/h1-3,6-7,10,12-14H,4-5,8-9H2/t10-,12-,13?/m1/s1. The van der Waals surface area contributed by atoms with Crippen LogP contribution in [0.4, 0.5) is 5.69 Å². The number of hydrogen-bond donors (Lipinski definition) is 1. The molecule has 2 fully saturated rings. The van der Waals surface area contributed by atoms with Gasteiger partial charge in [0.25, 0.3) is 0 Å². The highest BCUT2D eigenvalue weighted by molar-refractivity contribution is 5.44. The molecule has 1 N–H and O–H groups in total. The summed E-state index contributed by atoms with van der Waals surface area (Å²) in [6, 6.07) is 11.4. The third kappa shape index (κ3) is 1.31. The van der Waals surface area contributed by atoms with Crippen molar-refractivity contribution < 1.29 is 0 Å². The van der Waals surface area contributed by atoms with Gasteiger partial charge in [-0.3, -0.25) is 0 Å². The van der Waals surface area contributed by atoms with E-state index in [2.05, 4.69) is 35.6 Å². The van der Waals surface area contributed by atoms with Crippen molar-refractivity contribution in [2.24, 2.45) is 11.8 Å². The van der Waals surface area contributed by atoms with Crippen molar-refractivity contribution in [3.63, 3.8) is 0 Å². The molecular weight excluding hydrogens is 170 g/mol. The van der Waals surface area contributed by atoms with Gasteiger partial charge in [0.1, 0.15) is 0 Å². The molecule has 2 aliphatic rings. The van der Waals surface area contributed by atoms with Crippen LogP contribution in [0, 0.1) is 11.8 Å². The Kier molecular flexibility index (Phi) is 1.97. The molecule has 1 heteroatoms. The summed E-state index contributed by atoms with van der Waals surface area (Å²) < 4.78 is 0. The second-order valence-electron chi connectivity index (χ2n) is 4.71. The third-order valence-corrected chi connectivity index (χ3v) is 3.92. The van der Waals surface area contributed by atoms with E-state index in [0.717, 1.165) is 17.9 Å². The second-order valence-corrected chi connectivity index (χ2v) is 4.71. The van der Waals surface area contributed by atoms with Gasteiger partial charge in [-0.1, -0.05) is 31.0 Å². The molecule has 0 heterocycles. The lowest BCUT2D eigenvalue weighted by molar-refractivity contribution is 0.189. The molecule has 0 aromatic heterocycles. The molecule has 3 rings (SSSR count). The molecule has 14 heavy (non-hydrogen) atoms. The van der Waals surface area contributed by atoms with E-state index in [1.165, 1.54) is 31.4 Å². The normalized spacial score (nSPS) is 34.7. The van der Waals surface area contributed by atoms with Gasteiger partial charge >= 0.3 is 0 Å². The number of benzene rings is 1. The zero-order chi connectivity index (χ0) is 9.38. The van der Waals surface area contributed by atoms with E-state index in [0.29, 0.717) is 0 Å². The SMILES string of the molecule is c1ccc(NC2C[C@H]3CCC[C@@H]23)cc1. The topological polar surface area (TPSA) is 12.0 Å². The van der Waals surface area contributed by atoms with Crippen molar-refractivity contribution >= 4 is 5.69 Å².